The van der Waals surface area contributed by atoms with Gasteiger partial charge in [-0.05, 0) is 48.5 Å². The highest BCUT2D eigenvalue weighted by atomic mass is 32.2. The van der Waals surface area contributed by atoms with E-state index in [-0.39, 0.29) is 5.91 Å². The number of rotatable bonds is 8. The van der Waals surface area contributed by atoms with Crippen LogP contribution in [0.1, 0.15) is 5.56 Å². The molecule has 1 heterocycles. The molecule has 1 aliphatic heterocycles. The van der Waals surface area contributed by atoms with Gasteiger partial charge < -0.3 is 14.2 Å². The summed E-state index contributed by atoms with van der Waals surface area (Å²) in [6.07, 6.45) is 1.82. The largest absolute Gasteiger partial charge is 0.497 e. The summed E-state index contributed by atoms with van der Waals surface area (Å²) in [5.41, 5.74) is 1.57. The van der Waals surface area contributed by atoms with E-state index in [0.717, 1.165) is 22.7 Å². The molecule has 162 valence electrons. The van der Waals surface area contributed by atoms with Crippen molar-refractivity contribution in [3.05, 3.63) is 89.3 Å². The third kappa shape index (κ3) is 5.12. The normalized spacial score (nSPS) is 14.7. The standard InChI is InChI=1S/C25H21NO4S2/c1-28-20-11-13-21(14-12-20)29-15-16-30-22-10-6-5-7-18(22)17-23-24(27)26(25(31)32-23)19-8-3-2-4-9-19/h2-14,17H,15-16H2,1H3. The van der Waals surface area contributed by atoms with E-state index in [1.165, 1.54) is 11.8 Å². The number of thiocarbonyl (C=S) groups is 1. The third-order valence-electron chi connectivity index (χ3n) is 4.68. The van der Waals surface area contributed by atoms with E-state index >= 15 is 0 Å². The monoisotopic (exact) mass is 463 g/mol. The lowest BCUT2D eigenvalue weighted by Gasteiger charge is -2.14. The summed E-state index contributed by atoms with van der Waals surface area (Å²) in [6, 6.07) is 24.4. The number of amides is 1. The van der Waals surface area contributed by atoms with Crippen LogP contribution >= 0.6 is 24.0 Å². The van der Waals surface area contributed by atoms with Crippen LogP contribution in [0.15, 0.2) is 83.8 Å². The molecule has 1 amide bonds. The highest BCUT2D eigenvalue weighted by Gasteiger charge is 2.33. The van der Waals surface area contributed by atoms with Crippen molar-refractivity contribution in [3.63, 3.8) is 0 Å². The van der Waals surface area contributed by atoms with Gasteiger partial charge in [-0.2, -0.15) is 0 Å². The van der Waals surface area contributed by atoms with Crippen molar-refractivity contribution in [1.29, 1.82) is 0 Å². The van der Waals surface area contributed by atoms with Crippen molar-refractivity contribution in [2.75, 3.05) is 25.2 Å². The van der Waals surface area contributed by atoms with Crippen LogP contribution in [0.5, 0.6) is 17.2 Å². The van der Waals surface area contributed by atoms with E-state index in [4.69, 9.17) is 26.4 Å². The van der Waals surface area contributed by atoms with Crippen LogP contribution in [0.25, 0.3) is 6.08 Å². The van der Waals surface area contributed by atoms with Crippen molar-refractivity contribution in [1.82, 2.24) is 0 Å². The lowest BCUT2D eigenvalue weighted by molar-refractivity contribution is -0.113. The van der Waals surface area contributed by atoms with Crippen LogP contribution in [0.3, 0.4) is 0 Å². The Hall–Kier alpha value is -3.29. The molecule has 4 rings (SSSR count). The second-order valence-electron chi connectivity index (χ2n) is 6.76. The van der Waals surface area contributed by atoms with E-state index in [1.807, 2.05) is 84.9 Å². The van der Waals surface area contributed by atoms with Crippen molar-refractivity contribution in [3.8, 4) is 17.2 Å². The van der Waals surface area contributed by atoms with Gasteiger partial charge in [0, 0.05) is 5.56 Å². The van der Waals surface area contributed by atoms with Gasteiger partial charge in [0.25, 0.3) is 5.91 Å². The van der Waals surface area contributed by atoms with Crippen LogP contribution in [0, 0.1) is 0 Å². The number of anilines is 1. The fourth-order valence-corrected chi connectivity index (χ4v) is 4.41. The Morgan fingerprint density at radius 2 is 1.53 bits per heavy atom. The maximum Gasteiger partial charge on any atom is 0.270 e. The molecule has 0 unspecified atom stereocenters. The molecule has 1 aliphatic rings. The van der Waals surface area contributed by atoms with Crippen molar-refractivity contribution in [2.45, 2.75) is 0 Å². The van der Waals surface area contributed by atoms with Gasteiger partial charge in [-0.25, -0.2) is 0 Å². The molecule has 5 nitrogen and oxygen atoms in total. The molecule has 0 aromatic heterocycles. The summed E-state index contributed by atoms with van der Waals surface area (Å²) in [7, 11) is 1.63. The molecule has 0 saturated carbocycles. The first-order chi connectivity index (χ1) is 15.7. The number of ether oxygens (including phenoxy) is 3. The Bertz CT molecular complexity index is 1130. The maximum atomic E-state index is 13.0. The summed E-state index contributed by atoms with van der Waals surface area (Å²) >= 11 is 6.73. The first-order valence-electron chi connectivity index (χ1n) is 9.97. The molecule has 7 heteroatoms. The number of carbonyl (C=O) groups is 1. The molecule has 0 N–H and O–H groups in total. The van der Waals surface area contributed by atoms with Crippen molar-refractivity contribution < 1.29 is 19.0 Å². The second-order valence-corrected chi connectivity index (χ2v) is 8.44. The molecule has 0 aliphatic carbocycles. The Morgan fingerprint density at radius 3 is 2.28 bits per heavy atom. The van der Waals surface area contributed by atoms with Gasteiger partial charge in [-0.15, -0.1) is 0 Å². The highest BCUT2D eigenvalue weighted by Crippen LogP contribution is 2.37. The van der Waals surface area contributed by atoms with E-state index in [1.54, 1.807) is 12.0 Å². The molecule has 32 heavy (non-hydrogen) atoms. The van der Waals surface area contributed by atoms with Gasteiger partial charge in [0.15, 0.2) is 4.32 Å². The minimum absolute atomic E-state index is 0.135. The summed E-state index contributed by atoms with van der Waals surface area (Å²) < 4.78 is 17.3. The van der Waals surface area contributed by atoms with Gasteiger partial charge in [0.1, 0.15) is 30.5 Å². The van der Waals surface area contributed by atoms with Crippen LogP contribution in [-0.2, 0) is 4.79 Å². The quantitative estimate of drug-likeness (QED) is 0.248. The minimum Gasteiger partial charge on any atom is -0.497 e. The van der Waals surface area contributed by atoms with Gasteiger partial charge in [-0.3, -0.25) is 9.69 Å². The Kier molecular flexibility index (Phi) is 7.09. The maximum absolute atomic E-state index is 13.0. The average Bonchev–Trinajstić information content (AvgIpc) is 3.11. The van der Waals surface area contributed by atoms with Gasteiger partial charge in [0.2, 0.25) is 0 Å². The SMILES string of the molecule is COc1ccc(OCCOc2ccccc2C=C2SC(=S)N(c3ccccc3)C2=O)cc1. The third-order valence-corrected chi connectivity index (χ3v) is 5.98. The number of thioether (sulfide) groups is 1. The van der Waals surface area contributed by atoms with Gasteiger partial charge in [-0.1, -0.05) is 60.4 Å². The number of hydrogen-bond acceptors (Lipinski definition) is 6. The van der Waals surface area contributed by atoms with Gasteiger partial charge in [0.05, 0.1) is 17.7 Å². The molecule has 3 aromatic rings. The van der Waals surface area contributed by atoms with E-state index < -0.39 is 0 Å². The lowest BCUT2D eigenvalue weighted by atomic mass is 10.2. The molecule has 3 aromatic carbocycles. The highest BCUT2D eigenvalue weighted by molar-refractivity contribution is 8.27. The van der Waals surface area contributed by atoms with Crippen LogP contribution in [0.2, 0.25) is 0 Å². The van der Waals surface area contributed by atoms with Crippen LogP contribution in [0.4, 0.5) is 5.69 Å². The Balaban J connectivity index is 1.41. The first-order valence-corrected chi connectivity index (χ1v) is 11.2. The molecule has 0 bridgehead atoms. The number of para-hydroxylation sites is 2. The molecular formula is C25H21NO4S2. The number of benzene rings is 3. The predicted molar refractivity (Wildman–Crippen MR) is 133 cm³/mol. The average molecular weight is 464 g/mol. The van der Waals surface area contributed by atoms with E-state index in [0.29, 0.717) is 28.2 Å². The van der Waals surface area contributed by atoms with Crippen molar-refractivity contribution in [2.24, 2.45) is 0 Å². The molecular weight excluding hydrogens is 442 g/mol. The fraction of sp³-hybridized carbons (Fsp3) is 0.120. The fourth-order valence-electron chi connectivity index (χ4n) is 3.12. The first kappa shape index (κ1) is 21.9. The topological polar surface area (TPSA) is 48.0 Å². The lowest BCUT2D eigenvalue weighted by Crippen LogP contribution is -2.27. The molecule has 0 spiro atoms. The minimum atomic E-state index is -0.135. The number of methoxy groups -OCH3 is 1. The van der Waals surface area contributed by atoms with Crippen LogP contribution in [-0.4, -0.2) is 30.6 Å². The number of hydrogen-bond donors (Lipinski definition) is 0. The predicted octanol–water partition coefficient (Wildman–Crippen LogP) is 5.56. The molecule has 1 fully saturated rings. The smallest absolute Gasteiger partial charge is 0.270 e. The summed E-state index contributed by atoms with van der Waals surface area (Å²) in [4.78, 5) is 15.1. The van der Waals surface area contributed by atoms with Crippen molar-refractivity contribution >= 4 is 46.0 Å². The van der Waals surface area contributed by atoms with E-state index in [2.05, 4.69) is 0 Å². The Labute approximate surface area is 196 Å². The summed E-state index contributed by atoms with van der Waals surface area (Å²) in [5, 5.41) is 0. The number of carbonyl (C=O) groups excluding carboxylic acids is 1. The Morgan fingerprint density at radius 1 is 0.875 bits per heavy atom. The zero-order valence-corrected chi connectivity index (χ0v) is 19.0. The molecule has 0 atom stereocenters. The summed E-state index contributed by atoms with van der Waals surface area (Å²) in [6.45, 7) is 0.749. The molecule has 0 radical (unpaired) electrons. The number of nitrogens with zero attached hydrogens (tertiary/aromatic N) is 1. The summed E-state index contributed by atoms with van der Waals surface area (Å²) in [5.74, 6) is 2.06. The van der Waals surface area contributed by atoms with Crippen LogP contribution < -0.4 is 19.1 Å². The van der Waals surface area contributed by atoms with E-state index in [9.17, 15) is 4.79 Å². The zero-order chi connectivity index (χ0) is 22.3. The zero-order valence-electron chi connectivity index (χ0n) is 17.4. The second kappa shape index (κ2) is 10.3. The molecule has 1 saturated heterocycles. The van der Waals surface area contributed by atoms with Gasteiger partial charge >= 0.3 is 0 Å².